The Balaban J connectivity index is 1.95. The van der Waals surface area contributed by atoms with Gasteiger partial charge in [-0.05, 0) is 52.0 Å². The summed E-state index contributed by atoms with van der Waals surface area (Å²) in [7, 11) is 0. The lowest BCUT2D eigenvalue weighted by atomic mass is 9.96. The number of carbonyl (C=O) groups is 1. The molecule has 0 bridgehead atoms. The average molecular weight is 282 g/mol. The second-order valence-electron chi connectivity index (χ2n) is 7.45. The lowest BCUT2D eigenvalue weighted by Gasteiger charge is -2.35. The summed E-state index contributed by atoms with van der Waals surface area (Å²) < 4.78 is 0. The fourth-order valence-corrected chi connectivity index (χ4v) is 3.31. The smallest absolute Gasteiger partial charge is 0.237 e. The molecule has 0 radical (unpaired) electrons. The number of hydrogen-bond donors (Lipinski definition) is 1. The van der Waals surface area contributed by atoms with Crippen LogP contribution in [0.5, 0.6) is 0 Å². The molecule has 20 heavy (non-hydrogen) atoms. The molecule has 2 rings (SSSR count). The Kier molecular flexibility index (Phi) is 4.75. The van der Waals surface area contributed by atoms with E-state index in [4.69, 9.17) is 0 Å². The molecule has 4 heteroatoms. The summed E-state index contributed by atoms with van der Waals surface area (Å²) in [6.45, 7) is 10.3. The first kappa shape index (κ1) is 15.8. The van der Waals surface area contributed by atoms with E-state index in [0.29, 0.717) is 18.5 Å². The summed E-state index contributed by atoms with van der Waals surface area (Å²) in [6, 6.07) is 0.597. The molecule has 0 spiro atoms. The van der Waals surface area contributed by atoms with Gasteiger partial charge in [0.05, 0.1) is 12.1 Å². The molecule has 1 unspecified atom stereocenters. The van der Waals surface area contributed by atoms with Gasteiger partial charge in [-0.2, -0.15) is 0 Å². The molecular formula is C16H30N2O2. The molecule has 1 atom stereocenters. The molecule has 1 saturated heterocycles. The van der Waals surface area contributed by atoms with Crippen LogP contribution in [0.4, 0.5) is 0 Å². The van der Waals surface area contributed by atoms with Crippen LogP contribution in [0.2, 0.25) is 0 Å². The van der Waals surface area contributed by atoms with Gasteiger partial charge in [-0.15, -0.1) is 0 Å². The third-order valence-electron chi connectivity index (χ3n) is 4.39. The Hall–Kier alpha value is -0.610. The largest absolute Gasteiger partial charge is 0.389 e. The minimum atomic E-state index is -0.723. The van der Waals surface area contributed by atoms with Crippen LogP contribution in [-0.4, -0.2) is 58.1 Å². The van der Waals surface area contributed by atoms with Gasteiger partial charge in [-0.25, -0.2) is 0 Å². The molecule has 1 N–H and O–H groups in total. The van der Waals surface area contributed by atoms with Gasteiger partial charge in [0.25, 0.3) is 0 Å². The Morgan fingerprint density at radius 2 is 2.00 bits per heavy atom. The van der Waals surface area contributed by atoms with Crippen LogP contribution < -0.4 is 0 Å². The number of amides is 1. The van der Waals surface area contributed by atoms with Crippen molar-refractivity contribution in [3.63, 3.8) is 0 Å². The van der Waals surface area contributed by atoms with Crippen molar-refractivity contribution in [3.05, 3.63) is 0 Å². The molecule has 1 saturated carbocycles. The van der Waals surface area contributed by atoms with Crippen LogP contribution >= 0.6 is 0 Å². The summed E-state index contributed by atoms with van der Waals surface area (Å²) in [5.41, 5.74) is -0.723. The lowest BCUT2D eigenvalue weighted by molar-refractivity contribution is -0.134. The van der Waals surface area contributed by atoms with Crippen LogP contribution in [0.1, 0.15) is 53.4 Å². The average Bonchev–Trinajstić information content (AvgIpc) is 3.04. The van der Waals surface area contributed by atoms with Gasteiger partial charge in [0.1, 0.15) is 0 Å². The van der Waals surface area contributed by atoms with E-state index in [1.165, 1.54) is 0 Å². The molecule has 1 amide bonds. The molecule has 0 aromatic rings. The summed E-state index contributed by atoms with van der Waals surface area (Å²) in [5, 5.41) is 10.2. The van der Waals surface area contributed by atoms with Gasteiger partial charge in [-0.1, -0.05) is 13.8 Å². The van der Waals surface area contributed by atoms with E-state index in [1.54, 1.807) is 0 Å². The number of carbonyl (C=O) groups excluding carboxylic acids is 1. The number of hydrogen-bond acceptors (Lipinski definition) is 3. The fraction of sp³-hybridized carbons (Fsp3) is 0.938. The van der Waals surface area contributed by atoms with E-state index in [9.17, 15) is 9.90 Å². The molecule has 0 aromatic carbocycles. The minimum Gasteiger partial charge on any atom is -0.389 e. The van der Waals surface area contributed by atoms with E-state index < -0.39 is 5.60 Å². The molecule has 1 heterocycles. The standard InChI is InChI=1S/C16H30N2O2/c1-12(2)10-18(13-7-8-13)15(19)11-17-9-5-6-14(17)16(3,4)20/h12-14,20H,5-11H2,1-4H3. The van der Waals surface area contributed by atoms with Crippen LogP contribution in [0.15, 0.2) is 0 Å². The molecule has 1 aliphatic carbocycles. The summed E-state index contributed by atoms with van der Waals surface area (Å²) in [5.74, 6) is 0.764. The predicted molar refractivity (Wildman–Crippen MR) is 80.5 cm³/mol. The Morgan fingerprint density at radius 3 is 2.50 bits per heavy atom. The quantitative estimate of drug-likeness (QED) is 0.809. The molecule has 2 aliphatic rings. The number of aliphatic hydroxyl groups is 1. The van der Waals surface area contributed by atoms with E-state index in [0.717, 1.165) is 38.8 Å². The van der Waals surface area contributed by atoms with Crippen molar-refractivity contribution in [1.82, 2.24) is 9.80 Å². The first-order chi connectivity index (χ1) is 9.29. The maximum absolute atomic E-state index is 12.6. The van der Waals surface area contributed by atoms with Crippen LogP contribution in [0, 0.1) is 5.92 Å². The highest BCUT2D eigenvalue weighted by Crippen LogP contribution is 2.30. The summed E-state index contributed by atoms with van der Waals surface area (Å²) in [4.78, 5) is 16.8. The van der Waals surface area contributed by atoms with Crippen molar-refractivity contribution >= 4 is 5.91 Å². The third kappa shape index (κ3) is 3.95. The molecule has 0 aromatic heterocycles. The zero-order valence-corrected chi connectivity index (χ0v) is 13.4. The summed E-state index contributed by atoms with van der Waals surface area (Å²) >= 11 is 0. The van der Waals surface area contributed by atoms with E-state index in [1.807, 2.05) is 13.8 Å². The number of nitrogens with zero attached hydrogens (tertiary/aromatic N) is 2. The van der Waals surface area contributed by atoms with Crippen molar-refractivity contribution in [2.45, 2.75) is 71.1 Å². The highest BCUT2D eigenvalue weighted by atomic mass is 16.3. The Bertz CT molecular complexity index is 345. The van der Waals surface area contributed by atoms with Crippen LogP contribution in [0.25, 0.3) is 0 Å². The first-order valence-corrected chi connectivity index (χ1v) is 8.05. The third-order valence-corrected chi connectivity index (χ3v) is 4.39. The van der Waals surface area contributed by atoms with Gasteiger partial charge in [0.2, 0.25) is 5.91 Å². The fourth-order valence-electron chi connectivity index (χ4n) is 3.31. The van der Waals surface area contributed by atoms with Crippen LogP contribution in [0.3, 0.4) is 0 Å². The number of likely N-dealkylation sites (tertiary alicyclic amines) is 1. The molecule has 1 aliphatic heterocycles. The summed E-state index contributed by atoms with van der Waals surface area (Å²) in [6.07, 6.45) is 4.39. The predicted octanol–water partition coefficient (Wildman–Crippen LogP) is 1.87. The van der Waals surface area contributed by atoms with Crippen molar-refractivity contribution in [1.29, 1.82) is 0 Å². The van der Waals surface area contributed by atoms with E-state index >= 15 is 0 Å². The highest BCUT2D eigenvalue weighted by Gasteiger charge is 2.39. The van der Waals surface area contributed by atoms with Gasteiger partial charge in [-0.3, -0.25) is 9.69 Å². The Labute approximate surface area is 123 Å². The normalized spacial score (nSPS) is 24.4. The first-order valence-electron chi connectivity index (χ1n) is 8.05. The molecule has 4 nitrogen and oxygen atoms in total. The molecule has 2 fully saturated rings. The highest BCUT2D eigenvalue weighted by molar-refractivity contribution is 5.79. The molecule has 116 valence electrons. The van der Waals surface area contributed by atoms with Gasteiger partial charge >= 0.3 is 0 Å². The van der Waals surface area contributed by atoms with Crippen molar-refractivity contribution in [2.75, 3.05) is 19.6 Å². The second kappa shape index (κ2) is 6.02. The lowest BCUT2D eigenvalue weighted by Crippen LogP contribution is -2.50. The van der Waals surface area contributed by atoms with Crippen molar-refractivity contribution in [3.8, 4) is 0 Å². The van der Waals surface area contributed by atoms with Crippen molar-refractivity contribution < 1.29 is 9.90 Å². The maximum atomic E-state index is 12.6. The molecular weight excluding hydrogens is 252 g/mol. The van der Waals surface area contributed by atoms with Crippen molar-refractivity contribution in [2.24, 2.45) is 5.92 Å². The van der Waals surface area contributed by atoms with Gasteiger partial charge in [0.15, 0.2) is 0 Å². The van der Waals surface area contributed by atoms with E-state index in [-0.39, 0.29) is 11.9 Å². The SMILES string of the molecule is CC(C)CN(C(=O)CN1CCCC1C(C)(C)O)C1CC1. The Morgan fingerprint density at radius 1 is 1.35 bits per heavy atom. The van der Waals surface area contributed by atoms with Gasteiger partial charge in [0, 0.05) is 18.6 Å². The maximum Gasteiger partial charge on any atom is 0.237 e. The van der Waals surface area contributed by atoms with Gasteiger partial charge < -0.3 is 10.0 Å². The minimum absolute atomic E-state index is 0.117. The number of rotatable bonds is 6. The zero-order valence-electron chi connectivity index (χ0n) is 13.4. The second-order valence-corrected chi connectivity index (χ2v) is 7.45. The van der Waals surface area contributed by atoms with Crippen LogP contribution in [-0.2, 0) is 4.79 Å². The zero-order chi connectivity index (χ0) is 14.9. The van der Waals surface area contributed by atoms with E-state index in [2.05, 4.69) is 23.6 Å². The monoisotopic (exact) mass is 282 g/mol. The topological polar surface area (TPSA) is 43.8 Å².